The molecule has 0 bridgehead atoms. The lowest BCUT2D eigenvalue weighted by atomic mass is 10.2. The molecular formula is C12H16F2N2. The van der Waals surface area contributed by atoms with Crippen LogP contribution in [0.3, 0.4) is 0 Å². The van der Waals surface area contributed by atoms with Crippen LogP contribution in [0.2, 0.25) is 0 Å². The first kappa shape index (κ1) is 12.6. The Balaban J connectivity index is 2.49. The summed E-state index contributed by atoms with van der Waals surface area (Å²) in [5.41, 5.74) is 1.12. The van der Waals surface area contributed by atoms with E-state index in [0.717, 1.165) is 24.9 Å². The van der Waals surface area contributed by atoms with Crippen molar-refractivity contribution in [3.05, 3.63) is 42.1 Å². The van der Waals surface area contributed by atoms with Crippen LogP contribution in [0.4, 0.5) is 14.5 Å². The van der Waals surface area contributed by atoms with Crippen LogP contribution < -0.4 is 10.6 Å². The summed E-state index contributed by atoms with van der Waals surface area (Å²) in [6.07, 6.45) is 0.714. The first-order valence-corrected chi connectivity index (χ1v) is 5.23. The highest BCUT2D eigenvalue weighted by atomic mass is 19.1. The molecule has 1 aromatic carbocycles. The summed E-state index contributed by atoms with van der Waals surface area (Å²) in [7, 11) is 0. The lowest BCUT2D eigenvalue weighted by Crippen LogP contribution is -2.16. The van der Waals surface area contributed by atoms with Crippen LogP contribution in [0.5, 0.6) is 0 Å². The van der Waals surface area contributed by atoms with Crippen LogP contribution in [-0.4, -0.2) is 13.1 Å². The zero-order valence-corrected chi connectivity index (χ0v) is 9.32. The number of anilines is 1. The van der Waals surface area contributed by atoms with Gasteiger partial charge < -0.3 is 10.6 Å². The predicted molar refractivity (Wildman–Crippen MR) is 62.3 cm³/mol. The lowest BCUT2D eigenvalue weighted by Gasteiger charge is -2.10. The summed E-state index contributed by atoms with van der Waals surface area (Å²) >= 11 is 0. The summed E-state index contributed by atoms with van der Waals surface area (Å²) in [6, 6.07) is 3.32. The lowest BCUT2D eigenvalue weighted by molar-refractivity contribution is 0.584. The Kier molecular flexibility index (Phi) is 4.92. The summed E-state index contributed by atoms with van der Waals surface area (Å²) in [4.78, 5) is 0. The summed E-state index contributed by atoms with van der Waals surface area (Å²) in [5.74, 6) is -1.19. The van der Waals surface area contributed by atoms with Crippen molar-refractivity contribution in [1.82, 2.24) is 5.32 Å². The molecule has 0 amide bonds. The molecule has 16 heavy (non-hydrogen) atoms. The Morgan fingerprint density at radius 3 is 2.44 bits per heavy atom. The van der Waals surface area contributed by atoms with Crippen molar-refractivity contribution in [3.8, 4) is 0 Å². The Hall–Kier alpha value is -1.42. The second-order valence-corrected chi connectivity index (χ2v) is 3.49. The Morgan fingerprint density at radius 1 is 1.25 bits per heavy atom. The fraction of sp³-hybridized carbons (Fsp3) is 0.333. The molecule has 0 saturated carbocycles. The van der Waals surface area contributed by atoms with Gasteiger partial charge in [0.25, 0.3) is 0 Å². The molecule has 0 saturated heterocycles. The first-order chi connectivity index (χ1) is 7.61. The van der Waals surface area contributed by atoms with E-state index in [0.29, 0.717) is 12.1 Å². The third-order valence-corrected chi connectivity index (χ3v) is 2.04. The molecule has 0 atom stereocenters. The van der Waals surface area contributed by atoms with E-state index >= 15 is 0 Å². The van der Waals surface area contributed by atoms with Gasteiger partial charge in [-0.2, -0.15) is 0 Å². The van der Waals surface area contributed by atoms with E-state index in [2.05, 4.69) is 17.2 Å². The van der Waals surface area contributed by atoms with E-state index < -0.39 is 11.6 Å². The topological polar surface area (TPSA) is 24.1 Å². The van der Waals surface area contributed by atoms with Gasteiger partial charge in [-0.05, 0) is 25.1 Å². The zero-order chi connectivity index (χ0) is 12.0. The molecule has 1 rings (SSSR count). The van der Waals surface area contributed by atoms with Crippen molar-refractivity contribution < 1.29 is 8.78 Å². The Bertz CT molecular complexity index is 344. The highest BCUT2D eigenvalue weighted by Crippen LogP contribution is 2.15. The number of benzene rings is 1. The van der Waals surface area contributed by atoms with Crippen molar-refractivity contribution in [2.75, 3.05) is 18.4 Å². The molecule has 0 aliphatic rings. The molecule has 0 unspecified atom stereocenters. The Morgan fingerprint density at radius 2 is 1.88 bits per heavy atom. The van der Waals surface area contributed by atoms with Crippen LogP contribution >= 0.6 is 0 Å². The fourth-order valence-electron chi connectivity index (χ4n) is 1.31. The molecule has 0 aliphatic carbocycles. The van der Waals surface area contributed by atoms with E-state index in [1.807, 2.05) is 6.92 Å². The first-order valence-electron chi connectivity index (χ1n) is 5.23. The molecule has 88 valence electrons. The highest BCUT2D eigenvalue weighted by Gasteiger charge is 2.01. The van der Waals surface area contributed by atoms with Gasteiger partial charge in [0, 0.05) is 24.0 Å². The smallest absolute Gasteiger partial charge is 0.128 e. The van der Waals surface area contributed by atoms with E-state index in [9.17, 15) is 8.78 Å². The maximum absolute atomic E-state index is 12.9. The van der Waals surface area contributed by atoms with E-state index in [4.69, 9.17) is 0 Å². The molecule has 2 N–H and O–H groups in total. The van der Waals surface area contributed by atoms with E-state index in [1.165, 1.54) is 12.1 Å². The summed E-state index contributed by atoms with van der Waals surface area (Å²) in [6.45, 7) is 7.48. The fourth-order valence-corrected chi connectivity index (χ4v) is 1.31. The predicted octanol–water partition coefficient (Wildman–Crippen LogP) is 2.89. The maximum atomic E-state index is 12.9. The highest BCUT2D eigenvalue weighted by molar-refractivity contribution is 5.48. The number of hydrogen-bond acceptors (Lipinski definition) is 2. The zero-order valence-electron chi connectivity index (χ0n) is 9.32. The molecular weight excluding hydrogens is 210 g/mol. The second-order valence-electron chi connectivity index (χ2n) is 3.49. The largest absolute Gasteiger partial charge is 0.359 e. The van der Waals surface area contributed by atoms with Gasteiger partial charge in [0.15, 0.2) is 0 Å². The summed E-state index contributed by atoms with van der Waals surface area (Å²) in [5, 5.41) is 6.01. The van der Waals surface area contributed by atoms with Gasteiger partial charge in [0.2, 0.25) is 0 Å². The second kappa shape index (κ2) is 6.23. The number of hydrogen-bond donors (Lipinski definition) is 2. The monoisotopic (exact) mass is 226 g/mol. The average molecular weight is 226 g/mol. The van der Waals surface area contributed by atoms with Gasteiger partial charge in [0.1, 0.15) is 11.6 Å². The van der Waals surface area contributed by atoms with Crippen LogP contribution in [0.1, 0.15) is 13.3 Å². The van der Waals surface area contributed by atoms with Crippen LogP contribution in [0.15, 0.2) is 30.5 Å². The average Bonchev–Trinajstić information content (AvgIpc) is 2.16. The molecule has 1 aromatic rings. The van der Waals surface area contributed by atoms with Crippen molar-refractivity contribution in [3.63, 3.8) is 0 Å². The normalized spacial score (nSPS) is 10.2. The molecule has 0 aromatic heterocycles. The number of halogens is 2. The van der Waals surface area contributed by atoms with Crippen LogP contribution in [0, 0.1) is 11.6 Å². The molecule has 2 nitrogen and oxygen atoms in total. The molecule has 0 fully saturated rings. The van der Waals surface area contributed by atoms with Crippen molar-refractivity contribution >= 4 is 5.69 Å². The molecule has 0 aliphatic heterocycles. The van der Waals surface area contributed by atoms with E-state index in [1.54, 1.807) is 0 Å². The van der Waals surface area contributed by atoms with Crippen LogP contribution in [0.25, 0.3) is 0 Å². The third-order valence-electron chi connectivity index (χ3n) is 2.04. The van der Waals surface area contributed by atoms with Gasteiger partial charge in [-0.25, -0.2) is 8.78 Å². The van der Waals surface area contributed by atoms with Gasteiger partial charge in [-0.3, -0.25) is 0 Å². The Labute approximate surface area is 94.4 Å². The maximum Gasteiger partial charge on any atom is 0.128 e. The van der Waals surface area contributed by atoms with Crippen molar-refractivity contribution in [2.45, 2.75) is 13.3 Å². The van der Waals surface area contributed by atoms with Crippen molar-refractivity contribution in [2.24, 2.45) is 0 Å². The molecule has 4 heteroatoms. The van der Waals surface area contributed by atoms with E-state index in [-0.39, 0.29) is 0 Å². The van der Waals surface area contributed by atoms with Crippen LogP contribution in [-0.2, 0) is 0 Å². The third kappa shape index (κ3) is 4.40. The molecule has 0 spiro atoms. The minimum Gasteiger partial charge on any atom is -0.359 e. The SMILES string of the molecule is C=C(CCNCC)Nc1cc(F)cc(F)c1. The van der Waals surface area contributed by atoms with Gasteiger partial charge in [-0.15, -0.1) is 0 Å². The van der Waals surface area contributed by atoms with Gasteiger partial charge in [0.05, 0.1) is 0 Å². The standard InChI is InChI=1S/C12H16F2N2/c1-3-15-5-4-9(2)16-12-7-10(13)6-11(14)8-12/h6-8,15-16H,2-5H2,1H3. The summed E-state index contributed by atoms with van der Waals surface area (Å²) < 4.78 is 25.7. The van der Waals surface area contributed by atoms with Gasteiger partial charge in [-0.1, -0.05) is 13.5 Å². The number of rotatable bonds is 6. The quantitative estimate of drug-likeness (QED) is 0.729. The van der Waals surface area contributed by atoms with Gasteiger partial charge >= 0.3 is 0 Å². The minimum atomic E-state index is -0.595. The number of nitrogens with one attached hydrogen (secondary N) is 2. The molecule has 0 heterocycles. The minimum absolute atomic E-state index is 0.388. The molecule has 0 radical (unpaired) electrons. The van der Waals surface area contributed by atoms with Crippen molar-refractivity contribution in [1.29, 1.82) is 0 Å².